The highest BCUT2D eigenvalue weighted by molar-refractivity contribution is 5.52. The minimum atomic E-state index is -1.37. The first kappa shape index (κ1) is 14.7. The van der Waals surface area contributed by atoms with E-state index < -0.39 is 5.60 Å². The third kappa shape index (κ3) is 2.73. The lowest BCUT2D eigenvalue weighted by Crippen LogP contribution is -2.29. The molecule has 0 unspecified atom stereocenters. The van der Waals surface area contributed by atoms with Gasteiger partial charge in [0.2, 0.25) is 0 Å². The van der Waals surface area contributed by atoms with Crippen LogP contribution in [0.5, 0.6) is 0 Å². The Labute approximate surface area is 132 Å². The van der Waals surface area contributed by atoms with Gasteiger partial charge in [0.25, 0.3) is 0 Å². The fourth-order valence-electron chi connectivity index (χ4n) is 3.08. The number of hydrogen-bond donors (Lipinski definition) is 1. The molecule has 0 amide bonds. The molecule has 22 heavy (non-hydrogen) atoms. The van der Waals surface area contributed by atoms with E-state index in [1.54, 1.807) is 0 Å². The largest absolute Gasteiger partial charge is 0.372 e. The molecule has 3 rings (SSSR count). The van der Waals surface area contributed by atoms with E-state index in [-0.39, 0.29) is 0 Å². The van der Waals surface area contributed by atoms with Crippen LogP contribution in [0.4, 0.5) is 5.69 Å². The van der Waals surface area contributed by atoms with Gasteiger partial charge in [0.15, 0.2) is 5.60 Å². The third-order valence-corrected chi connectivity index (χ3v) is 4.41. The molecule has 2 nitrogen and oxygen atoms in total. The average Bonchev–Trinajstić information content (AvgIpc) is 2.63. The van der Waals surface area contributed by atoms with Crippen molar-refractivity contribution in [3.8, 4) is 12.3 Å². The molecule has 0 aromatic heterocycles. The third-order valence-electron chi connectivity index (χ3n) is 4.41. The van der Waals surface area contributed by atoms with Crippen LogP contribution in [0.25, 0.3) is 0 Å². The van der Waals surface area contributed by atoms with E-state index in [1.165, 1.54) is 24.9 Å². The zero-order valence-corrected chi connectivity index (χ0v) is 12.7. The zero-order valence-electron chi connectivity index (χ0n) is 12.7. The van der Waals surface area contributed by atoms with Crippen LogP contribution in [0.1, 0.15) is 30.4 Å². The molecular weight excluding hydrogens is 270 g/mol. The molecule has 1 aliphatic heterocycles. The number of rotatable bonds is 3. The summed E-state index contributed by atoms with van der Waals surface area (Å²) >= 11 is 0. The van der Waals surface area contributed by atoms with Crippen LogP contribution in [-0.4, -0.2) is 18.2 Å². The van der Waals surface area contributed by atoms with Crippen LogP contribution in [0.3, 0.4) is 0 Å². The summed E-state index contributed by atoms with van der Waals surface area (Å²) < 4.78 is 0. The van der Waals surface area contributed by atoms with Gasteiger partial charge in [-0.15, -0.1) is 6.42 Å². The Morgan fingerprint density at radius 1 is 0.864 bits per heavy atom. The highest BCUT2D eigenvalue weighted by Crippen LogP contribution is 2.30. The molecule has 0 spiro atoms. The van der Waals surface area contributed by atoms with Crippen molar-refractivity contribution in [2.45, 2.75) is 24.9 Å². The molecule has 2 aromatic carbocycles. The van der Waals surface area contributed by atoms with Crippen LogP contribution >= 0.6 is 0 Å². The van der Waals surface area contributed by atoms with Gasteiger partial charge in [0, 0.05) is 29.9 Å². The van der Waals surface area contributed by atoms with Crippen molar-refractivity contribution in [1.82, 2.24) is 0 Å². The maximum absolute atomic E-state index is 10.9. The van der Waals surface area contributed by atoms with E-state index in [9.17, 15) is 5.11 Å². The van der Waals surface area contributed by atoms with Crippen molar-refractivity contribution in [1.29, 1.82) is 0 Å². The molecule has 1 N–H and O–H groups in total. The van der Waals surface area contributed by atoms with Gasteiger partial charge >= 0.3 is 0 Å². The summed E-state index contributed by atoms with van der Waals surface area (Å²) in [6.07, 6.45) is 9.46. The molecule has 0 bridgehead atoms. The Kier molecular flexibility index (Phi) is 4.18. The first-order valence-electron chi connectivity index (χ1n) is 7.85. The number of nitrogens with zero attached hydrogens (tertiary/aromatic N) is 1. The Bertz CT molecular complexity index is 650. The summed E-state index contributed by atoms with van der Waals surface area (Å²) in [5.41, 5.74) is 1.29. The Morgan fingerprint density at radius 2 is 1.45 bits per heavy atom. The molecule has 1 atom stereocenters. The number of terminal acetylenes is 1. The summed E-state index contributed by atoms with van der Waals surface area (Å²) in [6, 6.07) is 17.4. The first-order valence-corrected chi connectivity index (χ1v) is 7.85. The summed E-state index contributed by atoms with van der Waals surface area (Å²) in [4.78, 5) is 2.39. The van der Waals surface area contributed by atoms with E-state index in [0.717, 1.165) is 24.2 Å². The molecule has 1 saturated heterocycles. The summed E-state index contributed by atoms with van der Waals surface area (Å²) in [7, 11) is 0. The normalized spacial score (nSPS) is 17.5. The van der Waals surface area contributed by atoms with Gasteiger partial charge in [0.1, 0.15) is 0 Å². The Hall–Kier alpha value is -2.24. The van der Waals surface area contributed by atoms with Crippen molar-refractivity contribution < 1.29 is 5.11 Å². The van der Waals surface area contributed by atoms with E-state index >= 15 is 0 Å². The molecule has 0 saturated carbocycles. The predicted octanol–water partition coefficient (Wildman–Crippen LogP) is 3.55. The van der Waals surface area contributed by atoms with E-state index in [1.807, 2.05) is 42.5 Å². The minimum Gasteiger partial charge on any atom is -0.372 e. The molecule has 1 aliphatic rings. The lowest BCUT2D eigenvalue weighted by atomic mass is 9.87. The highest BCUT2D eigenvalue weighted by atomic mass is 16.3. The molecule has 1 heterocycles. The molecule has 0 aliphatic carbocycles. The molecule has 0 radical (unpaired) electrons. The monoisotopic (exact) mass is 291 g/mol. The van der Waals surface area contributed by atoms with Crippen LogP contribution in [0.15, 0.2) is 54.6 Å². The molecular formula is C20H21NO. The summed E-state index contributed by atoms with van der Waals surface area (Å²) in [6.45, 7) is 2.22. The van der Waals surface area contributed by atoms with E-state index in [2.05, 4.69) is 23.0 Å². The topological polar surface area (TPSA) is 23.5 Å². The Balaban J connectivity index is 1.89. The summed E-state index contributed by atoms with van der Waals surface area (Å²) in [5, 5.41) is 10.9. The van der Waals surface area contributed by atoms with Gasteiger partial charge in [-0.05, 0) is 31.4 Å². The predicted molar refractivity (Wildman–Crippen MR) is 90.8 cm³/mol. The second-order valence-electron chi connectivity index (χ2n) is 5.82. The molecule has 2 aromatic rings. The number of anilines is 1. The number of benzene rings is 2. The smallest absolute Gasteiger partial charge is 0.176 e. The van der Waals surface area contributed by atoms with Gasteiger partial charge < -0.3 is 10.0 Å². The van der Waals surface area contributed by atoms with Crippen molar-refractivity contribution in [2.75, 3.05) is 18.0 Å². The fraction of sp³-hybridized carbons (Fsp3) is 0.300. The maximum Gasteiger partial charge on any atom is 0.176 e. The minimum absolute atomic E-state index is 0.725. The van der Waals surface area contributed by atoms with Crippen LogP contribution in [0.2, 0.25) is 0 Å². The van der Waals surface area contributed by atoms with Crippen LogP contribution in [0, 0.1) is 12.3 Å². The second-order valence-corrected chi connectivity index (χ2v) is 5.82. The van der Waals surface area contributed by atoms with Crippen molar-refractivity contribution in [3.05, 3.63) is 65.7 Å². The molecule has 112 valence electrons. The summed E-state index contributed by atoms with van der Waals surface area (Å²) in [5.74, 6) is 2.55. The lowest BCUT2D eigenvalue weighted by Gasteiger charge is -2.30. The quantitative estimate of drug-likeness (QED) is 0.874. The van der Waals surface area contributed by atoms with Crippen molar-refractivity contribution in [3.63, 3.8) is 0 Å². The van der Waals surface area contributed by atoms with E-state index in [0.29, 0.717) is 0 Å². The number of piperidine rings is 1. The Morgan fingerprint density at radius 3 is 2.05 bits per heavy atom. The fourth-order valence-corrected chi connectivity index (χ4v) is 3.08. The van der Waals surface area contributed by atoms with Gasteiger partial charge in [-0.1, -0.05) is 48.4 Å². The standard InChI is InChI=1S/C20H21NO/c1-2-20(22,17-9-5-3-6-10-17)18-11-13-19(14-12-18)21-15-7-4-8-16-21/h1,3,5-6,9-14,22H,4,7-8,15-16H2/t20-/m0/s1. The highest BCUT2D eigenvalue weighted by Gasteiger charge is 2.29. The first-order chi connectivity index (χ1) is 10.7. The average molecular weight is 291 g/mol. The van der Waals surface area contributed by atoms with Gasteiger partial charge in [0.05, 0.1) is 0 Å². The van der Waals surface area contributed by atoms with Crippen molar-refractivity contribution >= 4 is 5.69 Å². The zero-order chi connectivity index (χ0) is 15.4. The lowest BCUT2D eigenvalue weighted by molar-refractivity contribution is 0.145. The number of aliphatic hydroxyl groups is 1. The van der Waals surface area contributed by atoms with Crippen LogP contribution in [-0.2, 0) is 5.60 Å². The SMILES string of the molecule is C#C[C@](O)(c1ccccc1)c1ccc(N2CCCCC2)cc1. The van der Waals surface area contributed by atoms with E-state index in [4.69, 9.17) is 6.42 Å². The molecule has 2 heteroatoms. The maximum atomic E-state index is 10.9. The number of hydrogen-bond acceptors (Lipinski definition) is 2. The van der Waals surface area contributed by atoms with Gasteiger partial charge in [-0.25, -0.2) is 0 Å². The van der Waals surface area contributed by atoms with Gasteiger partial charge in [-0.3, -0.25) is 0 Å². The molecule has 1 fully saturated rings. The van der Waals surface area contributed by atoms with Crippen LogP contribution < -0.4 is 4.90 Å². The van der Waals surface area contributed by atoms with Gasteiger partial charge in [-0.2, -0.15) is 0 Å². The second kappa shape index (κ2) is 6.25. The van der Waals surface area contributed by atoms with Crippen molar-refractivity contribution in [2.24, 2.45) is 0 Å².